The van der Waals surface area contributed by atoms with Crippen LogP contribution in [-0.4, -0.2) is 31.0 Å². The van der Waals surface area contributed by atoms with Gasteiger partial charge >= 0.3 is 0 Å². The van der Waals surface area contributed by atoms with Crippen molar-refractivity contribution >= 4 is 0 Å². The molecule has 3 nitrogen and oxygen atoms in total. The number of aliphatic hydroxyl groups is 1. The molecular weight excluding hydrogens is 233 g/mol. The maximum Gasteiger partial charge on any atom is 0.126 e. The number of nitrogens with two attached hydrogens (primary N) is 1. The third kappa shape index (κ3) is 2.88. The first-order valence-electron chi connectivity index (χ1n) is 6.44. The lowest BCUT2D eigenvalue weighted by Crippen LogP contribution is -2.36. The van der Waals surface area contributed by atoms with Gasteiger partial charge < -0.3 is 15.6 Å². The van der Waals surface area contributed by atoms with E-state index in [0.29, 0.717) is 18.8 Å². The molecule has 0 bridgehead atoms. The lowest BCUT2D eigenvalue weighted by molar-refractivity contribution is -0.00235. The van der Waals surface area contributed by atoms with Crippen LogP contribution in [0.1, 0.15) is 24.3 Å². The van der Waals surface area contributed by atoms with E-state index >= 15 is 0 Å². The van der Waals surface area contributed by atoms with Crippen LogP contribution in [0.5, 0.6) is 0 Å². The first-order chi connectivity index (χ1) is 8.74. The smallest absolute Gasteiger partial charge is 0.126 e. The zero-order chi connectivity index (χ0) is 13.0. The molecule has 3 N–H and O–H groups in total. The predicted molar refractivity (Wildman–Crippen MR) is 67.7 cm³/mol. The largest absolute Gasteiger partial charge is 0.392 e. The van der Waals surface area contributed by atoms with Crippen molar-refractivity contribution in [3.05, 3.63) is 35.6 Å². The minimum absolute atomic E-state index is 0.145. The molecule has 18 heavy (non-hydrogen) atoms. The lowest BCUT2D eigenvalue weighted by atomic mass is 9.82. The zero-order valence-corrected chi connectivity index (χ0v) is 10.4. The molecule has 1 saturated heterocycles. The molecule has 0 aliphatic carbocycles. The van der Waals surface area contributed by atoms with E-state index in [0.717, 1.165) is 12.8 Å². The highest BCUT2D eigenvalue weighted by atomic mass is 19.1. The van der Waals surface area contributed by atoms with E-state index < -0.39 is 6.10 Å². The van der Waals surface area contributed by atoms with Crippen molar-refractivity contribution in [2.45, 2.75) is 24.9 Å². The second-order valence-electron chi connectivity index (χ2n) is 4.80. The maximum atomic E-state index is 13.8. The third-order valence-corrected chi connectivity index (χ3v) is 3.72. The molecule has 1 aliphatic rings. The van der Waals surface area contributed by atoms with Crippen LogP contribution in [0.15, 0.2) is 24.3 Å². The van der Waals surface area contributed by atoms with Gasteiger partial charge in [-0.2, -0.15) is 0 Å². The standard InChI is InChI=1S/C14H20FNO2/c15-13-4-2-1-3-11(13)12(9-16)14(17)10-5-7-18-8-6-10/h1-4,10,12,14,17H,5-9,16H2. The number of rotatable bonds is 4. The van der Waals surface area contributed by atoms with Gasteiger partial charge in [0.05, 0.1) is 6.10 Å². The number of halogens is 1. The summed E-state index contributed by atoms with van der Waals surface area (Å²) in [4.78, 5) is 0. The van der Waals surface area contributed by atoms with Gasteiger partial charge in [-0.3, -0.25) is 0 Å². The first kappa shape index (κ1) is 13.5. The molecule has 1 heterocycles. The van der Waals surface area contributed by atoms with Gasteiger partial charge in [0, 0.05) is 25.7 Å². The number of ether oxygens (including phenoxy) is 1. The second kappa shape index (κ2) is 6.27. The normalized spacial score (nSPS) is 20.6. The molecule has 1 aliphatic heterocycles. The van der Waals surface area contributed by atoms with E-state index in [1.165, 1.54) is 6.07 Å². The molecule has 0 radical (unpaired) electrons. The summed E-state index contributed by atoms with van der Waals surface area (Å²) in [7, 11) is 0. The van der Waals surface area contributed by atoms with Crippen LogP contribution in [0.3, 0.4) is 0 Å². The van der Waals surface area contributed by atoms with Gasteiger partial charge in [-0.15, -0.1) is 0 Å². The highest BCUT2D eigenvalue weighted by Gasteiger charge is 2.30. The number of hydrogen-bond acceptors (Lipinski definition) is 3. The van der Waals surface area contributed by atoms with Crippen LogP contribution < -0.4 is 5.73 Å². The Balaban J connectivity index is 2.14. The van der Waals surface area contributed by atoms with E-state index in [1.54, 1.807) is 18.2 Å². The molecule has 0 saturated carbocycles. The van der Waals surface area contributed by atoms with Gasteiger partial charge in [0.1, 0.15) is 5.82 Å². The molecule has 0 amide bonds. The molecule has 1 aromatic rings. The molecule has 2 atom stereocenters. The Morgan fingerprint density at radius 1 is 1.33 bits per heavy atom. The monoisotopic (exact) mass is 253 g/mol. The highest BCUT2D eigenvalue weighted by molar-refractivity contribution is 5.23. The van der Waals surface area contributed by atoms with Gasteiger partial charge in [-0.1, -0.05) is 18.2 Å². The van der Waals surface area contributed by atoms with Crippen molar-refractivity contribution in [1.29, 1.82) is 0 Å². The summed E-state index contributed by atoms with van der Waals surface area (Å²) < 4.78 is 19.0. The van der Waals surface area contributed by atoms with E-state index in [1.807, 2.05) is 0 Å². The lowest BCUT2D eigenvalue weighted by Gasteiger charge is -2.32. The van der Waals surface area contributed by atoms with Crippen molar-refractivity contribution in [3.8, 4) is 0 Å². The van der Waals surface area contributed by atoms with Crippen LogP contribution in [0.2, 0.25) is 0 Å². The Bertz CT molecular complexity index is 380. The minimum Gasteiger partial charge on any atom is -0.392 e. The molecule has 1 fully saturated rings. The number of aliphatic hydroxyl groups excluding tert-OH is 1. The van der Waals surface area contributed by atoms with Crippen molar-refractivity contribution in [2.75, 3.05) is 19.8 Å². The average molecular weight is 253 g/mol. The SMILES string of the molecule is NCC(c1ccccc1F)C(O)C1CCOCC1. The molecule has 0 aromatic heterocycles. The fourth-order valence-electron chi connectivity index (χ4n) is 2.61. The van der Waals surface area contributed by atoms with Crippen LogP contribution in [0.25, 0.3) is 0 Å². The van der Waals surface area contributed by atoms with Crippen LogP contribution in [-0.2, 0) is 4.74 Å². The van der Waals surface area contributed by atoms with Gasteiger partial charge in [0.15, 0.2) is 0 Å². The van der Waals surface area contributed by atoms with Crippen molar-refractivity contribution < 1.29 is 14.2 Å². The summed E-state index contributed by atoms with van der Waals surface area (Å²) in [5.41, 5.74) is 6.24. The topological polar surface area (TPSA) is 55.5 Å². The van der Waals surface area contributed by atoms with E-state index in [-0.39, 0.29) is 24.2 Å². The molecule has 2 unspecified atom stereocenters. The highest BCUT2D eigenvalue weighted by Crippen LogP contribution is 2.30. The van der Waals surface area contributed by atoms with Crippen molar-refractivity contribution in [2.24, 2.45) is 11.7 Å². The number of hydrogen-bond donors (Lipinski definition) is 2. The predicted octanol–water partition coefficient (Wildman–Crippen LogP) is 1.66. The Labute approximate surface area is 107 Å². The zero-order valence-electron chi connectivity index (χ0n) is 10.4. The number of benzene rings is 1. The first-order valence-corrected chi connectivity index (χ1v) is 6.44. The Morgan fingerprint density at radius 2 is 2.00 bits per heavy atom. The summed E-state index contributed by atoms with van der Waals surface area (Å²) >= 11 is 0. The van der Waals surface area contributed by atoms with Crippen LogP contribution >= 0.6 is 0 Å². The fourth-order valence-corrected chi connectivity index (χ4v) is 2.61. The summed E-state index contributed by atoms with van der Waals surface area (Å²) in [6, 6.07) is 6.54. The summed E-state index contributed by atoms with van der Waals surface area (Å²) in [6.45, 7) is 1.58. The third-order valence-electron chi connectivity index (χ3n) is 3.72. The minimum atomic E-state index is -0.601. The fraction of sp³-hybridized carbons (Fsp3) is 0.571. The van der Waals surface area contributed by atoms with Gasteiger partial charge in [-0.05, 0) is 30.4 Å². The second-order valence-corrected chi connectivity index (χ2v) is 4.80. The van der Waals surface area contributed by atoms with E-state index in [4.69, 9.17) is 10.5 Å². The average Bonchev–Trinajstić information content (AvgIpc) is 2.42. The van der Waals surface area contributed by atoms with Crippen molar-refractivity contribution in [1.82, 2.24) is 0 Å². The Morgan fingerprint density at radius 3 is 2.61 bits per heavy atom. The summed E-state index contributed by atoms with van der Waals surface area (Å²) in [5, 5.41) is 10.4. The van der Waals surface area contributed by atoms with Crippen LogP contribution in [0.4, 0.5) is 4.39 Å². The molecule has 1 aromatic carbocycles. The molecule has 4 heteroatoms. The quantitative estimate of drug-likeness (QED) is 0.858. The summed E-state index contributed by atoms with van der Waals surface area (Å²) in [5.74, 6) is -0.486. The van der Waals surface area contributed by atoms with E-state index in [9.17, 15) is 9.50 Å². The molecule has 100 valence electrons. The molecule has 0 spiro atoms. The molecular formula is C14H20FNO2. The van der Waals surface area contributed by atoms with E-state index in [2.05, 4.69) is 0 Å². The van der Waals surface area contributed by atoms with Gasteiger partial charge in [0.25, 0.3) is 0 Å². The van der Waals surface area contributed by atoms with Gasteiger partial charge in [-0.25, -0.2) is 4.39 Å². The Kier molecular flexibility index (Phi) is 4.69. The Hall–Kier alpha value is -0.970. The van der Waals surface area contributed by atoms with Gasteiger partial charge in [0.2, 0.25) is 0 Å². The molecule has 2 rings (SSSR count). The van der Waals surface area contributed by atoms with Crippen LogP contribution in [0, 0.1) is 11.7 Å². The maximum absolute atomic E-state index is 13.8. The summed E-state index contributed by atoms with van der Waals surface area (Å²) in [6.07, 6.45) is 1.02. The van der Waals surface area contributed by atoms with Crippen molar-refractivity contribution in [3.63, 3.8) is 0 Å².